The molecular formula is C23H31N3. The number of aryl methyl sites for hydroxylation is 1. The van der Waals surface area contributed by atoms with E-state index >= 15 is 0 Å². The number of hydrogen-bond donors (Lipinski definition) is 3. The van der Waals surface area contributed by atoms with Gasteiger partial charge in [-0.3, -0.25) is 0 Å². The summed E-state index contributed by atoms with van der Waals surface area (Å²) >= 11 is 0. The molecule has 3 nitrogen and oxygen atoms in total. The molecule has 2 atom stereocenters. The van der Waals surface area contributed by atoms with Gasteiger partial charge >= 0.3 is 0 Å². The van der Waals surface area contributed by atoms with Crippen LogP contribution in [0.5, 0.6) is 0 Å². The molecule has 0 aliphatic carbocycles. The predicted octanol–water partition coefficient (Wildman–Crippen LogP) is 5.57. The van der Waals surface area contributed by atoms with Crippen LogP contribution in [-0.4, -0.2) is 19.1 Å². The fourth-order valence-corrected chi connectivity index (χ4v) is 4.21. The van der Waals surface area contributed by atoms with Crippen LogP contribution in [-0.2, 0) is 6.42 Å². The van der Waals surface area contributed by atoms with E-state index in [0.717, 1.165) is 19.5 Å². The molecule has 2 aliphatic rings. The summed E-state index contributed by atoms with van der Waals surface area (Å²) in [6.45, 7) is 8.97. The third-order valence-electron chi connectivity index (χ3n) is 5.88. The predicted molar refractivity (Wildman–Crippen MR) is 113 cm³/mol. The van der Waals surface area contributed by atoms with Crippen molar-refractivity contribution >= 4 is 17.1 Å². The van der Waals surface area contributed by atoms with E-state index in [1.807, 2.05) is 0 Å². The summed E-state index contributed by atoms with van der Waals surface area (Å²) in [4.78, 5) is 0. The van der Waals surface area contributed by atoms with Crippen LogP contribution in [0.25, 0.3) is 0 Å². The summed E-state index contributed by atoms with van der Waals surface area (Å²) in [5.74, 6) is 1.11. The highest BCUT2D eigenvalue weighted by Crippen LogP contribution is 2.33. The van der Waals surface area contributed by atoms with E-state index in [4.69, 9.17) is 0 Å². The minimum Gasteiger partial charge on any atom is -0.385 e. The van der Waals surface area contributed by atoms with Crippen LogP contribution in [0.1, 0.15) is 62.1 Å². The van der Waals surface area contributed by atoms with Crippen LogP contribution in [0.2, 0.25) is 0 Å². The first kappa shape index (κ1) is 17.3. The maximum atomic E-state index is 3.78. The Kier molecular flexibility index (Phi) is 4.80. The third-order valence-corrected chi connectivity index (χ3v) is 5.88. The molecule has 2 aliphatic heterocycles. The van der Waals surface area contributed by atoms with Crippen molar-refractivity contribution in [2.45, 2.75) is 57.9 Å². The van der Waals surface area contributed by atoms with Crippen LogP contribution in [0, 0.1) is 0 Å². The van der Waals surface area contributed by atoms with E-state index in [-0.39, 0.29) is 0 Å². The number of rotatable bonds is 4. The Balaban J connectivity index is 1.45. The summed E-state index contributed by atoms with van der Waals surface area (Å²) in [6, 6.07) is 14.2. The Morgan fingerprint density at radius 1 is 0.923 bits per heavy atom. The van der Waals surface area contributed by atoms with E-state index in [9.17, 15) is 0 Å². The fraction of sp³-hybridized carbons (Fsp3) is 0.478. The van der Waals surface area contributed by atoms with Crippen molar-refractivity contribution < 1.29 is 0 Å². The molecule has 26 heavy (non-hydrogen) atoms. The van der Waals surface area contributed by atoms with Crippen molar-refractivity contribution in [2.75, 3.05) is 29.0 Å². The Morgan fingerprint density at radius 3 is 2.58 bits per heavy atom. The molecule has 4 rings (SSSR count). The number of fused-ring (bicyclic) bond motifs is 2. The van der Waals surface area contributed by atoms with Crippen LogP contribution in [0.3, 0.4) is 0 Å². The summed E-state index contributed by atoms with van der Waals surface area (Å²) in [7, 11) is 0. The van der Waals surface area contributed by atoms with Crippen molar-refractivity contribution in [2.24, 2.45) is 0 Å². The molecule has 3 N–H and O–H groups in total. The molecule has 3 heteroatoms. The zero-order valence-corrected chi connectivity index (χ0v) is 16.2. The maximum Gasteiger partial charge on any atom is 0.0581 e. The van der Waals surface area contributed by atoms with E-state index in [0.29, 0.717) is 17.9 Å². The Bertz CT molecular complexity index is 781. The molecule has 0 fully saturated rings. The summed E-state index contributed by atoms with van der Waals surface area (Å²) in [5.41, 5.74) is 8.18. The van der Waals surface area contributed by atoms with Crippen molar-refractivity contribution in [3.05, 3.63) is 53.1 Å². The van der Waals surface area contributed by atoms with Gasteiger partial charge in [-0.2, -0.15) is 0 Å². The molecule has 0 bridgehead atoms. The summed E-state index contributed by atoms with van der Waals surface area (Å²) < 4.78 is 0. The average molecular weight is 350 g/mol. The van der Waals surface area contributed by atoms with Gasteiger partial charge in [0.2, 0.25) is 0 Å². The maximum absolute atomic E-state index is 3.78. The molecule has 0 saturated carbocycles. The van der Waals surface area contributed by atoms with Crippen molar-refractivity contribution in [1.29, 1.82) is 0 Å². The average Bonchev–Trinajstić information content (AvgIpc) is 2.67. The van der Waals surface area contributed by atoms with Gasteiger partial charge in [0.05, 0.1) is 11.4 Å². The van der Waals surface area contributed by atoms with Crippen molar-refractivity contribution in [3.8, 4) is 0 Å². The SMILES string of the molecule is CC(C)c1ccc2c(c1)NC(CC(C)c1ccc3c(c1)CCCN3)CN2. The van der Waals surface area contributed by atoms with Crippen molar-refractivity contribution in [3.63, 3.8) is 0 Å². The third kappa shape index (κ3) is 3.53. The van der Waals surface area contributed by atoms with Crippen LogP contribution >= 0.6 is 0 Å². The van der Waals surface area contributed by atoms with E-state index in [1.54, 1.807) is 0 Å². The Labute approximate surface area is 157 Å². The molecule has 0 saturated heterocycles. The minimum atomic E-state index is 0.467. The lowest BCUT2D eigenvalue weighted by molar-refractivity contribution is 0.590. The van der Waals surface area contributed by atoms with Gasteiger partial charge in [0, 0.05) is 24.8 Å². The van der Waals surface area contributed by atoms with Crippen LogP contribution < -0.4 is 16.0 Å². The highest BCUT2D eigenvalue weighted by Gasteiger charge is 2.21. The lowest BCUT2D eigenvalue weighted by Gasteiger charge is -2.31. The largest absolute Gasteiger partial charge is 0.385 e. The molecular weight excluding hydrogens is 318 g/mol. The normalized spacial score (nSPS) is 19.6. The molecule has 2 unspecified atom stereocenters. The zero-order valence-electron chi connectivity index (χ0n) is 16.2. The van der Waals surface area contributed by atoms with E-state index in [2.05, 4.69) is 73.1 Å². The smallest absolute Gasteiger partial charge is 0.0581 e. The molecule has 0 amide bonds. The monoisotopic (exact) mass is 349 g/mol. The second kappa shape index (κ2) is 7.22. The first-order valence-corrected chi connectivity index (χ1v) is 10.1. The molecule has 138 valence electrons. The lowest BCUT2D eigenvalue weighted by atomic mass is 9.90. The number of nitrogens with one attached hydrogen (secondary N) is 3. The molecule has 0 aromatic heterocycles. The first-order chi connectivity index (χ1) is 12.6. The molecule has 2 aromatic rings. The summed E-state index contributed by atoms with van der Waals surface area (Å²) in [5, 5.41) is 10.9. The second-order valence-corrected chi connectivity index (χ2v) is 8.27. The molecule has 2 aromatic carbocycles. The second-order valence-electron chi connectivity index (χ2n) is 8.27. The highest BCUT2D eigenvalue weighted by molar-refractivity contribution is 5.72. The minimum absolute atomic E-state index is 0.467. The number of hydrogen-bond acceptors (Lipinski definition) is 3. The topological polar surface area (TPSA) is 36.1 Å². The van der Waals surface area contributed by atoms with Crippen LogP contribution in [0.15, 0.2) is 36.4 Å². The molecule has 2 heterocycles. The fourth-order valence-electron chi connectivity index (χ4n) is 4.21. The van der Waals surface area contributed by atoms with Gasteiger partial charge in [-0.15, -0.1) is 0 Å². The van der Waals surface area contributed by atoms with Gasteiger partial charge < -0.3 is 16.0 Å². The van der Waals surface area contributed by atoms with Gasteiger partial charge in [-0.1, -0.05) is 39.0 Å². The highest BCUT2D eigenvalue weighted by atomic mass is 15.1. The zero-order chi connectivity index (χ0) is 18.1. The first-order valence-electron chi connectivity index (χ1n) is 10.1. The van der Waals surface area contributed by atoms with Gasteiger partial charge in [0.15, 0.2) is 0 Å². The number of benzene rings is 2. The quantitative estimate of drug-likeness (QED) is 0.675. The van der Waals surface area contributed by atoms with Gasteiger partial charge in [0.1, 0.15) is 0 Å². The summed E-state index contributed by atoms with van der Waals surface area (Å²) in [6.07, 6.45) is 3.59. The molecule has 0 radical (unpaired) electrons. The van der Waals surface area contributed by atoms with E-state index in [1.165, 1.54) is 46.6 Å². The Morgan fingerprint density at radius 2 is 1.73 bits per heavy atom. The number of anilines is 3. The standard InChI is InChI=1S/C23H31N3/c1-15(2)17-6-9-22-23(13-17)26-20(14-25-22)11-16(3)18-7-8-21-19(12-18)5-4-10-24-21/h6-9,12-13,15-16,20,24-26H,4-5,10-11,14H2,1-3H3. The van der Waals surface area contributed by atoms with Gasteiger partial charge in [-0.05, 0) is 66.0 Å². The van der Waals surface area contributed by atoms with Gasteiger partial charge in [0.25, 0.3) is 0 Å². The molecule has 0 spiro atoms. The van der Waals surface area contributed by atoms with E-state index < -0.39 is 0 Å². The van der Waals surface area contributed by atoms with Crippen LogP contribution in [0.4, 0.5) is 17.1 Å². The van der Waals surface area contributed by atoms with Crippen molar-refractivity contribution in [1.82, 2.24) is 0 Å². The lowest BCUT2D eigenvalue weighted by Crippen LogP contribution is -2.34. The van der Waals surface area contributed by atoms with Gasteiger partial charge in [-0.25, -0.2) is 0 Å². The Hall–Kier alpha value is -2.16.